The summed E-state index contributed by atoms with van der Waals surface area (Å²) in [5.41, 5.74) is 0.976. The second-order valence-corrected chi connectivity index (χ2v) is 6.73. The number of amides is 1. The van der Waals surface area contributed by atoms with E-state index in [2.05, 4.69) is 5.32 Å². The van der Waals surface area contributed by atoms with Gasteiger partial charge in [0, 0.05) is 10.7 Å². The lowest BCUT2D eigenvalue weighted by Gasteiger charge is -2.16. The molecule has 2 aromatic rings. The average Bonchev–Trinajstić information content (AvgIpc) is 2.64. The highest BCUT2D eigenvalue weighted by Gasteiger charge is 2.17. The van der Waals surface area contributed by atoms with Crippen molar-refractivity contribution in [1.82, 2.24) is 0 Å². The largest absolute Gasteiger partial charge is 0.479 e. The number of carbonyl (C=O) groups is 2. The molecule has 0 saturated carbocycles. The van der Waals surface area contributed by atoms with Crippen LogP contribution in [-0.2, 0) is 9.53 Å². The van der Waals surface area contributed by atoms with Crippen molar-refractivity contribution in [2.24, 2.45) is 0 Å². The second kappa shape index (κ2) is 10.2. The monoisotopic (exact) mass is 409 g/mol. The zero-order chi connectivity index (χ0) is 19.8. The van der Waals surface area contributed by atoms with Gasteiger partial charge in [-0.3, -0.25) is 4.79 Å². The van der Waals surface area contributed by atoms with E-state index in [1.54, 1.807) is 49.4 Å². The number of nitrogens with one attached hydrogen (secondary N) is 1. The molecule has 0 aliphatic carbocycles. The number of unbranched alkanes of at least 4 members (excludes halogenated alkanes) is 1. The third kappa shape index (κ3) is 6.45. The number of carbonyl (C=O) groups excluding carboxylic acids is 2. The quantitative estimate of drug-likeness (QED) is 0.470. The Hall–Kier alpha value is -2.24. The number of hydrogen-bond donors (Lipinski definition) is 1. The standard InChI is InChI=1S/C20H21Cl2NO4/c1-3-4-11-26-20(25)14-5-8-16(9-6-14)23-19(24)13(2)27-18-10-7-15(21)12-17(18)22/h5-10,12-13H,3-4,11H2,1-2H3,(H,23,24)/t13-/m0/s1. The Morgan fingerprint density at radius 3 is 2.44 bits per heavy atom. The van der Waals surface area contributed by atoms with Gasteiger partial charge in [0.15, 0.2) is 6.10 Å². The maximum absolute atomic E-state index is 12.3. The molecule has 5 nitrogen and oxygen atoms in total. The van der Waals surface area contributed by atoms with Crippen molar-refractivity contribution in [1.29, 1.82) is 0 Å². The van der Waals surface area contributed by atoms with Gasteiger partial charge in [0.25, 0.3) is 5.91 Å². The maximum Gasteiger partial charge on any atom is 0.338 e. The van der Waals surface area contributed by atoms with E-state index in [1.807, 2.05) is 6.92 Å². The highest BCUT2D eigenvalue weighted by Crippen LogP contribution is 2.28. The minimum Gasteiger partial charge on any atom is -0.479 e. The van der Waals surface area contributed by atoms with Gasteiger partial charge in [0.05, 0.1) is 17.2 Å². The van der Waals surface area contributed by atoms with E-state index in [0.29, 0.717) is 33.7 Å². The molecule has 0 heterocycles. The fraction of sp³-hybridized carbons (Fsp3) is 0.300. The van der Waals surface area contributed by atoms with E-state index >= 15 is 0 Å². The van der Waals surface area contributed by atoms with Gasteiger partial charge in [-0.2, -0.15) is 0 Å². The molecular formula is C20H21Cl2NO4. The average molecular weight is 410 g/mol. The summed E-state index contributed by atoms with van der Waals surface area (Å²) in [5, 5.41) is 3.54. The molecule has 0 aromatic heterocycles. The SMILES string of the molecule is CCCCOC(=O)c1ccc(NC(=O)[C@H](C)Oc2ccc(Cl)cc2Cl)cc1. The number of anilines is 1. The molecule has 0 aliphatic heterocycles. The Morgan fingerprint density at radius 2 is 1.81 bits per heavy atom. The van der Waals surface area contributed by atoms with E-state index in [4.69, 9.17) is 32.7 Å². The van der Waals surface area contributed by atoms with Crippen molar-refractivity contribution in [2.75, 3.05) is 11.9 Å². The van der Waals surface area contributed by atoms with Gasteiger partial charge >= 0.3 is 5.97 Å². The molecule has 0 fully saturated rings. The summed E-state index contributed by atoms with van der Waals surface area (Å²) < 4.78 is 10.7. The Labute approximate surface area is 168 Å². The first-order valence-corrected chi connectivity index (χ1v) is 9.36. The molecule has 1 atom stereocenters. The van der Waals surface area contributed by atoms with Crippen LogP contribution in [0.5, 0.6) is 5.75 Å². The molecule has 1 N–H and O–H groups in total. The van der Waals surface area contributed by atoms with Crippen LogP contribution in [0, 0.1) is 0 Å². The van der Waals surface area contributed by atoms with Crippen molar-refractivity contribution >= 4 is 40.8 Å². The number of rotatable bonds is 8. The minimum atomic E-state index is -0.776. The first kappa shape index (κ1) is 21.1. The molecule has 7 heteroatoms. The maximum atomic E-state index is 12.3. The summed E-state index contributed by atoms with van der Waals surface area (Å²) in [6.45, 7) is 4.03. The summed E-state index contributed by atoms with van der Waals surface area (Å²) in [7, 11) is 0. The summed E-state index contributed by atoms with van der Waals surface area (Å²) in [5.74, 6) is -0.358. The molecule has 0 unspecified atom stereocenters. The Morgan fingerprint density at radius 1 is 1.11 bits per heavy atom. The smallest absolute Gasteiger partial charge is 0.338 e. The molecule has 27 heavy (non-hydrogen) atoms. The van der Waals surface area contributed by atoms with Crippen LogP contribution in [0.3, 0.4) is 0 Å². The van der Waals surface area contributed by atoms with E-state index in [1.165, 1.54) is 0 Å². The lowest BCUT2D eigenvalue weighted by Crippen LogP contribution is -2.30. The summed E-state index contributed by atoms with van der Waals surface area (Å²) in [4.78, 5) is 24.2. The predicted molar refractivity (Wildman–Crippen MR) is 107 cm³/mol. The van der Waals surface area contributed by atoms with Gasteiger partial charge in [-0.05, 0) is 55.8 Å². The first-order chi connectivity index (χ1) is 12.9. The van der Waals surface area contributed by atoms with Gasteiger partial charge in [-0.1, -0.05) is 36.5 Å². The third-order valence-corrected chi connectivity index (χ3v) is 4.22. The van der Waals surface area contributed by atoms with Gasteiger partial charge in [-0.25, -0.2) is 4.79 Å². The normalized spacial score (nSPS) is 11.6. The number of ether oxygens (including phenoxy) is 2. The number of halogens is 2. The molecule has 2 rings (SSSR count). The fourth-order valence-electron chi connectivity index (χ4n) is 2.14. The van der Waals surface area contributed by atoms with Crippen LogP contribution in [0.15, 0.2) is 42.5 Å². The van der Waals surface area contributed by atoms with E-state index in [-0.39, 0.29) is 11.9 Å². The lowest BCUT2D eigenvalue weighted by atomic mass is 10.2. The molecule has 1 amide bonds. The molecule has 0 radical (unpaired) electrons. The highest BCUT2D eigenvalue weighted by molar-refractivity contribution is 6.35. The molecule has 144 valence electrons. The van der Waals surface area contributed by atoms with Crippen molar-refractivity contribution in [3.05, 3.63) is 58.1 Å². The predicted octanol–water partition coefficient (Wildman–Crippen LogP) is 5.36. The lowest BCUT2D eigenvalue weighted by molar-refractivity contribution is -0.122. The van der Waals surface area contributed by atoms with Crippen molar-refractivity contribution in [3.8, 4) is 5.75 Å². The molecule has 0 saturated heterocycles. The van der Waals surface area contributed by atoms with Crippen LogP contribution in [-0.4, -0.2) is 24.6 Å². The summed E-state index contributed by atoms with van der Waals surface area (Å²) >= 11 is 11.9. The molecule has 0 spiro atoms. The Bertz CT molecular complexity index is 793. The zero-order valence-electron chi connectivity index (χ0n) is 15.1. The minimum absolute atomic E-state index is 0.327. The van der Waals surface area contributed by atoms with E-state index in [0.717, 1.165) is 12.8 Å². The van der Waals surface area contributed by atoms with Crippen LogP contribution in [0.25, 0.3) is 0 Å². The van der Waals surface area contributed by atoms with Gasteiger partial charge in [0.2, 0.25) is 0 Å². The van der Waals surface area contributed by atoms with E-state index < -0.39 is 6.10 Å². The Kier molecular flexibility index (Phi) is 7.95. The topological polar surface area (TPSA) is 64.6 Å². The van der Waals surface area contributed by atoms with Crippen molar-refractivity contribution in [3.63, 3.8) is 0 Å². The van der Waals surface area contributed by atoms with Crippen LogP contribution < -0.4 is 10.1 Å². The molecular weight excluding hydrogens is 389 g/mol. The van der Waals surface area contributed by atoms with Crippen LogP contribution in [0.4, 0.5) is 5.69 Å². The van der Waals surface area contributed by atoms with Crippen LogP contribution >= 0.6 is 23.2 Å². The van der Waals surface area contributed by atoms with Crippen LogP contribution in [0.2, 0.25) is 10.0 Å². The highest BCUT2D eigenvalue weighted by atomic mass is 35.5. The second-order valence-electron chi connectivity index (χ2n) is 5.89. The fourth-order valence-corrected chi connectivity index (χ4v) is 2.59. The number of benzene rings is 2. The summed E-state index contributed by atoms with van der Waals surface area (Å²) in [6.07, 6.45) is 1.01. The third-order valence-electron chi connectivity index (χ3n) is 3.69. The molecule has 0 bridgehead atoms. The van der Waals surface area contributed by atoms with Gasteiger partial charge in [0.1, 0.15) is 5.75 Å². The number of hydrogen-bond acceptors (Lipinski definition) is 4. The number of esters is 1. The van der Waals surface area contributed by atoms with Crippen molar-refractivity contribution < 1.29 is 19.1 Å². The van der Waals surface area contributed by atoms with Crippen molar-refractivity contribution in [2.45, 2.75) is 32.8 Å². The van der Waals surface area contributed by atoms with E-state index in [9.17, 15) is 9.59 Å². The molecule has 0 aliphatic rings. The first-order valence-electron chi connectivity index (χ1n) is 8.60. The molecule has 2 aromatic carbocycles. The van der Waals surface area contributed by atoms with Crippen LogP contribution in [0.1, 0.15) is 37.0 Å². The zero-order valence-corrected chi connectivity index (χ0v) is 16.6. The van der Waals surface area contributed by atoms with Gasteiger partial charge < -0.3 is 14.8 Å². The Balaban J connectivity index is 1.91. The van der Waals surface area contributed by atoms with Gasteiger partial charge in [-0.15, -0.1) is 0 Å². The summed E-state index contributed by atoms with van der Waals surface area (Å²) in [6, 6.07) is 11.3.